The summed E-state index contributed by atoms with van der Waals surface area (Å²) in [5.74, 6) is 0. The molecule has 1 amide bonds. The molecule has 0 saturated heterocycles. The summed E-state index contributed by atoms with van der Waals surface area (Å²) in [7, 11) is 0. The van der Waals surface area contributed by atoms with E-state index >= 15 is 0 Å². The lowest BCUT2D eigenvalue weighted by molar-refractivity contribution is 0.191. The molecule has 0 saturated carbocycles. The molecule has 0 spiro atoms. The molecule has 4 N–H and O–H groups in total. The highest BCUT2D eigenvalue weighted by Gasteiger charge is 2.08. The van der Waals surface area contributed by atoms with Crippen molar-refractivity contribution in [1.82, 2.24) is 5.32 Å². The third-order valence-corrected chi connectivity index (χ3v) is 2.35. The topological polar surface area (TPSA) is 75.3 Å². The number of rotatable bonds is 4. The first-order valence-electron chi connectivity index (χ1n) is 5.33. The van der Waals surface area contributed by atoms with Crippen LogP contribution in [0.15, 0.2) is 24.3 Å². The normalized spacial score (nSPS) is 14.2. The zero-order valence-corrected chi connectivity index (χ0v) is 9.60. The minimum atomic E-state index is -1.01. The van der Waals surface area contributed by atoms with Gasteiger partial charge in [-0.3, -0.25) is 0 Å². The fraction of sp³-hybridized carbons (Fsp3) is 0.417. The van der Waals surface area contributed by atoms with Crippen molar-refractivity contribution in [3.63, 3.8) is 0 Å². The van der Waals surface area contributed by atoms with E-state index in [0.29, 0.717) is 0 Å². The molecule has 0 radical (unpaired) electrons. The molecule has 0 aliphatic carbocycles. The highest BCUT2D eigenvalue weighted by Crippen LogP contribution is 2.14. The van der Waals surface area contributed by atoms with Gasteiger partial charge in [-0.25, -0.2) is 4.79 Å². The van der Waals surface area contributed by atoms with Crippen LogP contribution in [0.3, 0.4) is 0 Å². The standard InChI is InChI=1S/C12H18N2O2/c1-8(13)6-10-4-3-5-11(7-10)9(2)14-12(15)16/h3-5,7-9,14H,6,13H2,1-2H3,(H,15,16)/t8-,9-/m0/s1. The predicted molar refractivity (Wildman–Crippen MR) is 63.4 cm³/mol. The van der Waals surface area contributed by atoms with Gasteiger partial charge in [0.1, 0.15) is 0 Å². The zero-order valence-electron chi connectivity index (χ0n) is 9.60. The summed E-state index contributed by atoms with van der Waals surface area (Å²) in [4.78, 5) is 10.5. The van der Waals surface area contributed by atoms with Crippen molar-refractivity contribution in [2.45, 2.75) is 32.4 Å². The van der Waals surface area contributed by atoms with Crippen LogP contribution in [-0.4, -0.2) is 17.2 Å². The quantitative estimate of drug-likeness (QED) is 0.728. The van der Waals surface area contributed by atoms with Crippen molar-refractivity contribution in [2.24, 2.45) is 5.73 Å². The largest absolute Gasteiger partial charge is 0.465 e. The Kier molecular flexibility index (Phi) is 4.31. The monoisotopic (exact) mass is 222 g/mol. The summed E-state index contributed by atoms with van der Waals surface area (Å²) < 4.78 is 0. The molecule has 4 nitrogen and oxygen atoms in total. The summed E-state index contributed by atoms with van der Waals surface area (Å²) in [6, 6.07) is 7.73. The summed E-state index contributed by atoms with van der Waals surface area (Å²) in [6.07, 6.45) is -0.210. The Labute approximate surface area is 95.5 Å². The Morgan fingerprint density at radius 2 is 2.19 bits per heavy atom. The number of hydrogen-bond acceptors (Lipinski definition) is 2. The second kappa shape index (κ2) is 5.51. The molecule has 16 heavy (non-hydrogen) atoms. The Balaban J connectivity index is 2.77. The first kappa shape index (κ1) is 12.5. The molecular formula is C12H18N2O2. The number of amides is 1. The average molecular weight is 222 g/mol. The number of carbonyl (C=O) groups is 1. The van der Waals surface area contributed by atoms with Crippen LogP contribution in [0.1, 0.15) is 31.0 Å². The van der Waals surface area contributed by atoms with Crippen LogP contribution in [0, 0.1) is 0 Å². The summed E-state index contributed by atoms with van der Waals surface area (Å²) >= 11 is 0. The van der Waals surface area contributed by atoms with Crippen LogP contribution in [0.5, 0.6) is 0 Å². The van der Waals surface area contributed by atoms with E-state index in [4.69, 9.17) is 10.8 Å². The molecule has 0 aliphatic heterocycles. The predicted octanol–water partition coefficient (Wildman–Crippen LogP) is 1.90. The van der Waals surface area contributed by atoms with Crippen molar-refractivity contribution in [2.75, 3.05) is 0 Å². The maximum atomic E-state index is 10.5. The summed E-state index contributed by atoms with van der Waals surface area (Å²) in [6.45, 7) is 3.77. The molecule has 0 unspecified atom stereocenters. The molecule has 1 aromatic rings. The van der Waals surface area contributed by atoms with Gasteiger partial charge in [0.15, 0.2) is 0 Å². The van der Waals surface area contributed by atoms with E-state index in [0.717, 1.165) is 17.5 Å². The number of nitrogens with one attached hydrogen (secondary N) is 1. The Bertz CT molecular complexity index is 364. The van der Waals surface area contributed by atoms with Gasteiger partial charge in [0.05, 0.1) is 6.04 Å². The van der Waals surface area contributed by atoms with Crippen LogP contribution >= 0.6 is 0 Å². The average Bonchev–Trinajstić information content (AvgIpc) is 2.16. The molecule has 1 aromatic carbocycles. The zero-order chi connectivity index (χ0) is 12.1. The molecule has 0 aromatic heterocycles. The fourth-order valence-electron chi connectivity index (χ4n) is 1.63. The summed E-state index contributed by atoms with van der Waals surface area (Å²) in [5, 5.41) is 11.1. The number of benzene rings is 1. The second-order valence-corrected chi connectivity index (χ2v) is 4.10. The number of nitrogens with two attached hydrogens (primary N) is 1. The van der Waals surface area contributed by atoms with E-state index in [1.807, 2.05) is 38.1 Å². The minimum Gasteiger partial charge on any atom is -0.465 e. The highest BCUT2D eigenvalue weighted by atomic mass is 16.4. The van der Waals surface area contributed by atoms with Gasteiger partial charge in [0, 0.05) is 6.04 Å². The van der Waals surface area contributed by atoms with Crippen molar-refractivity contribution >= 4 is 6.09 Å². The Morgan fingerprint density at radius 1 is 1.50 bits per heavy atom. The van der Waals surface area contributed by atoms with Crippen LogP contribution < -0.4 is 11.1 Å². The van der Waals surface area contributed by atoms with Crippen molar-refractivity contribution in [3.05, 3.63) is 35.4 Å². The van der Waals surface area contributed by atoms with E-state index in [2.05, 4.69) is 5.32 Å². The van der Waals surface area contributed by atoms with Gasteiger partial charge in [-0.05, 0) is 31.4 Å². The number of carboxylic acid groups (broad SMARTS) is 1. The molecule has 4 heteroatoms. The second-order valence-electron chi connectivity index (χ2n) is 4.10. The Morgan fingerprint density at radius 3 is 2.75 bits per heavy atom. The van der Waals surface area contributed by atoms with Gasteiger partial charge in [-0.15, -0.1) is 0 Å². The van der Waals surface area contributed by atoms with Crippen molar-refractivity contribution < 1.29 is 9.90 Å². The van der Waals surface area contributed by atoms with Crippen LogP contribution in [0.4, 0.5) is 4.79 Å². The third-order valence-electron chi connectivity index (χ3n) is 2.35. The van der Waals surface area contributed by atoms with Crippen LogP contribution in [-0.2, 0) is 6.42 Å². The lowest BCUT2D eigenvalue weighted by Crippen LogP contribution is -2.24. The van der Waals surface area contributed by atoms with Crippen molar-refractivity contribution in [3.8, 4) is 0 Å². The first-order chi connectivity index (χ1) is 7.49. The molecule has 0 heterocycles. The van der Waals surface area contributed by atoms with Crippen LogP contribution in [0.25, 0.3) is 0 Å². The molecular weight excluding hydrogens is 204 g/mol. The third kappa shape index (κ3) is 3.90. The van der Waals surface area contributed by atoms with Gasteiger partial charge in [0.2, 0.25) is 0 Å². The number of hydrogen-bond donors (Lipinski definition) is 3. The van der Waals surface area contributed by atoms with Crippen LogP contribution in [0.2, 0.25) is 0 Å². The van der Waals surface area contributed by atoms with Gasteiger partial charge >= 0.3 is 6.09 Å². The smallest absolute Gasteiger partial charge is 0.405 e. The maximum Gasteiger partial charge on any atom is 0.405 e. The first-order valence-corrected chi connectivity index (χ1v) is 5.33. The van der Waals surface area contributed by atoms with E-state index in [-0.39, 0.29) is 12.1 Å². The lowest BCUT2D eigenvalue weighted by atomic mass is 10.0. The highest BCUT2D eigenvalue weighted by molar-refractivity contribution is 5.65. The van der Waals surface area contributed by atoms with E-state index in [9.17, 15) is 4.79 Å². The molecule has 0 fully saturated rings. The fourth-order valence-corrected chi connectivity index (χ4v) is 1.63. The van der Waals surface area contributed by atoms with Gasteiger partial charge in [-0.2, -0.15) is 0 Å². The lowest BCUT2D eigenvalue weighted by Gasteiger charge is -2.13. The van der Waals surface area contributed by atoms with Crippen molar-refractivity contribution in [1.29, 1.82) is 0 Å². The molecule has 1 rings (SSSR count). The van der Waals surface area contributed by atoms with E-state index in [1.165, 1.54) is 0 Å². The van der Waals surface area contributed by atoms with Gasteiger partial charge in [-0.1, -0.05) is 24.3 Å². The molecule has 88 valence electrons. The minimum absolute atomic E-state index is 0.109. The summed E-state index contributed by atoms with van der Waals surface area (Å²) in [5.41, 5.74) is 7.81. The maximum absolute atomic E-state index is 10.5. The molecule has 2 atom stereocenters. The SMILES string of the molecule is C[C@H](N)Cc1cccc([C@H](C)NC(=O)O)c1. The Hall–Kier alpha value is -1.55. The van der Waals surface area contributed by atoms with Gasteiger partial charge < -0.3 is 16.2 Å². The molecule has 0 bridgehead atoms. The van der Waals surface area contributed by atoms with E-state index < -0.39 is 6.09 Å². The van der Waals surface area contributed by atoms with Gasteiger partial charge in [0.25, 0.3) is 0 Å². The molecule has 0 aliphatic rings. The van der Waals surface area contributed by atoms with E-state index in [1.54, 1.807) is 0 Å².